The van der Waals surface area contributed by atoms with E-state index in [0.29, 0.717) is 13.2 Å². The van der Waals surface area contributed by atoms with Gasteiger partial charge >= 0.3 is 0 Å². The lowest BCUT2D eigenvalue weighted by molar-refractivity contribution is -0.0720. The summed E-state index contributed by atoms with van der Waals surface area (Å²) in [5.74, 6) is 0. The second-order valence-corrected chi connectivity index (χ2v) is 8.80. The van der Waals surface area contributed by atoms with E-state index in [1.54, 1.807) is 0 Å². The minimum atomic E-state index is -0.0173. The van der Waals surface area contributed by atoms with E-state index in [1.807, 2.05) is 12.1 Å². The van der Waals surface area contributed by atoms with E-state index in [9.17, 15) is 5.11 Å². The minimum absolute atomic E-state index is 0.00300. The van der Waals surface area contributed by atoms with Gasteiger partial charge in [-0.2, -0.15) is 0 Å². The summed E-state index contributed by atoms with van der Waals surface area (Å²) in [7, 11) is 0. The molecule has 0 radical (unpaired) electrons. The highest BCUT2D eigenvalue weighted by Crippen LogP contribution is 2.30. The molecule has 3 aromatic carbocycles. The number of hydrogen-bond acceptors (Lipinski definition) is 4. The molecule has 0 spiro atoms. The number of aliphatic hydroxyl groups is 1. The second-order valence-electron chi connectivity index (χ2n) is 8.80. The van der Waals surface area contributed by atoms with Crippen LogP contribution in [0.25, 0.3) is 0 Å². The Hall–Kier alpha value is -2.50. The van der Waals surface area contributed by atoms with Gasteiger partial charge in [-0.15, -0.1) is 0 Å². The van der Waals surface area contributed by atoms with Gasteiger partial charge in [0, 0.05) is 25.7 Å². The molecule has 1 aliphatic rings. The first kappa shape index (κ1) is 23.7. The molecule has 4 rings (SSSR count). The van der Waals surface area contributed by atoms with Crippen LogP contribution < -0.4 is 0 Å². The smallest absolute Gasteiger partial charge is 0.101 e. The molecule has 1 aliphatic heterocycles. The van der Waals surface area contributed by atoms with Gasteiger partial charge in [-0.05, 0) is 36.0 Å². The van der Waals surface area contributed by atoms with Gasteiger partial charge in [0.05, 0.1) is 19.3 Å². The quantitative estimate of drug-likeness (QED) is 0.389. The van der Waals surface area contributed by atoms with Crippen molar-refractivity contribution in [3.8, 4) is 0 Å². The van der Waals surface area contributed by atoms with Crippen LogP contribution in [0.15, 0.2) is 91.0 Å². The molecule has 1 heterocycles. The number of rotatable bonds is 12. The molecule has 0 unspecified atom stereocenters. The van der Waals surface area contributed by atoms with Gasteiger partial charge in [0.2, 0.25) is 0 Å². The molecular formula is C29H35NO3. The van der Waals surface area contributed by atoms with Crippen molar-refractivity contribution in [2.75, 3.05) is 13.2 Å². The van der Waals surface area contributed by atoms with E-state index in [2.05, 4.69) is 83.8 Å². The van der Waals surface area contributed by atoms with Crippen LogP contribution in [0.1, 0.15) is 36.0 Å². The highest BCUT2D eigenvalue weighted by molar-refractivity contribution is 5.17. The van der Waals surface area contributed by atoms with Crippen molar-refractivity contribution in [3.63, 3.8) is 0 Å². The number of hydrogen-bond donors (Lipinski definition) is 1. The van der Waals surface area contributed by atoms with Gasteiger partial charge < -0.3 is 14.6 Å². The highest BCUT2D eigenvalue weighted by atomic mass is 16.5. The Labute approximate surface area is 197 Å². The van der Waals surface area contributed by atoms with Crippen molar-refractivity contribution >= 4 is 0 Å². The number of ether oxygens (including phenoxy) is 2. The fourth-order valence-electron chi connectivity index (χ4n) is 4.65. The van der Waals surface area contributed by atoms with Gasteiger partial charge in [0.1, 0.15) is 6.10 Å². The summed E-state index contributed by atoms with van der Waals surface area (Å²) in [5.41, 5.74) is 3.66. The van der Waals surface area contributed by atoms with E-state index < -0.39 is 0 Å². The fraction of sp³-hybridized carbons (Fsp3) is 0.379. The van der Waals surface area contributed by atoms with E-state index in [-0.39, 0.29) is 24.9 Å². The molecule has 33 heavy (non-hydrogen) atoms. The Morgan fingerprint density at radius 2 is 1.24 bits per heavy atom. The summed E-state index contributed by atoms with van der Waals surface area (Å²) in [6, 6.07) is 31.6. The predicted octanol–water partition coefficient (Wildman–Crippen LogP) is 5.20. The predicted molar refractivity (Wildman–Crippen MR) is 132 cm³/mol. The number of unbranched alkanes of at least 4 members (excludes halogenated alkanes) is 1. The zero-order chi connectivity index (χ0) is 22.7. The average molecular weight is 446 g/mol. The van der Waals surface area contributed by atoms with Crippen molar-refractivity contribution < 1.29 is 14.6 Å². The minimum Gasteiger partial charge on any atom is -0.396 e. The van der Waals surface area contributed by atoms with Crippen LogP contribution in [0, 0.1) is 0 Å². The molecule has 3 aromatic rings. The molecule has 1 fully saturated rings. The molecule has 3 atom stereocenters. The summed E-state index contributed by atoms with van der Waals surface area (Å²) in [5, 5.41) is 9.35. The monoisotopic (exact) mass is 445 g/mol. The van der Waals surface area contributed by atoms with Gasteiger partial charge in [-0.1, -0.05) is 91.0 Å². The van der Waals surface area contributed by atoms with Crippen molar-refractivity contribution in [3.05, 3.63) is 108 Å². The maximum Gasteiger partial charge on any atom is 0.101 e. The lowest BCUT2D eigenvalue weighted by atomic mass is 10.0. The lowest BCUT2D eigenvalue weighted by Gasteiger charge is -2.29. The van der Waals surface area contributed by atoms with Crippen LogP contribution in [0.3, 0.4) is 0 Å². The van der Waals surface area contributed by atoms with Crippen LogP contribution in [0.5, 0.6) is 0 Å². The van der Waals surface area contributed by atoms with E-state index in [0.717, 1.165) is 32.4 Å². The molecule has 0 aromatic heterocycles. The average Bonchev–Trinajstić information content (AvgIpc) is 3.19. The summed E-state index contributed by atoms with van der Waals surface area (Å²) in [6.45, 7) is 3.10. The first-order chi connectivity index (χ1) is 16.3. The van der Waals surface area contributed by atoms with Gasteiger partial charge in [-0.3, -0.25) is 4.90 Å². The molecule has 0 saturated carbocycles. The fourth-order valence-corrected chi connectivity index (χ4v) is 4.65. The summed E-state index contributed by atoms with van der Waals surface area (Å²) >= 11 is 0. The van der Waals surface area contributed by atoms with Crippen LogP contribution in [0.2, 0.25) is 0 Å². The largest absolute Gasteiger partial charge is 0.396 e. The molecule has 4 nitrogen and oxygen atoms in total. The first-order valence-corrected chi connectivity index (χ1v) is 12.0. The topological polar surface area (TPSA) is 41.9 Å². The van der Waals surface area contributed by atoms with E-state index >= 15 is 0 Å². The Kier molecular flexibility index (Phi) is 9.08. The maximum absolute atomic E-state index is 9.35. The SMILES string of the molecule is OCCCC[C@H]1[C@H](OCc2ccccc2)[C@@H](OCc2ccccc2)CN1Cc1ccccc1. The van der Waals surface area contributed by atoms with Crippen molar-refractivity contribution in [2.45, 2.75) is 57.3 Å². The third-order valence-corrected chi connectivity index (χ3v) is 6.36. The normalized spacial score (nSPS) is 20.8. The van der Waals surface area contributed by atoms with Crippen LogP contribution in [0.4, 0.5) is 0 Å². The zero-order valence-electron chi connectivity index (χ0n) is 19.3. The second kappa shape index (κ2) is 12.7. The standard InChI is InChI=1S/C29H35NO3/c31-19-11-10-18-27-29(33-23-26-16-8-3-9-17-26)28(32-22-25-14-6-2-7-15-25)21-30(27)20-24-12-4-1-5-13-24/h1-9,12-17,27-29,31H,10-11,18-23H2/t27-,28-,29-/m0/s1. The molecule has 1 saturated heterocycles. The highest BCUT2D eigenvalue weighted by Gasteiger charge is 2.42. The Bertz CT molecular complexity index is 919. The van der Waals surface area contributed by atoms with E-state index in [4.69, 9.17) is 9.47 Å². The number of nitrogens with zero attached hydrogens (tertiary/aromatic N) is 1. The van der Waals surface area contributed by atoms with Gasteiger partial charge in [0.25, 0.3) is 0 Å². The molecule has 1 N–H and O–H groups in total. The third kappa shape index (κ3) is 6.99. The molecule has 0 aliphatic carbocycles. The van der Waals surface area contributed by atoms with Crippen molar-refractivity contribution in [1.82, 2.24) is 4.90 Å². The Morgan fingerprint density at radius 3 is 1.82 bits per heavy atom. The van der Waals surface area contributed by atoms with Crippen LogP contribution >= 0.6 is 0 Å². The lowest BCUT2D eigenvalue weighted by Crippen LogP contribution is -2.38. The van der Waals surface area contributed by atoms with Crippen molar-refractivity contribution in [1.29, 1.82) is 0 Å². The Balaban J connectivity index is 1.51. The van der Waals surface area contributed by atoms with Crippen LogP contribution in [-0.2, 0) is 29.2 Å². The van der Waals surface area contributed by atoms with E-state index in [1.165, 1.54) is 16.7 Å². The molecule has 174 valence electrons. The third-order valence-electron chi connectivity index (χ3n) is 6.36. The number of benzene rings is 3. The molecule has 0 amide bonds. The molecular weight excluding hydrogens is 410 g/mol. The number of aliphatic hydroxyl groups excluding tert-OH is 1. The first-order valence-electron chi connectivity index (χ1n) is 12.0. The number of likely N-dealkylation sites (tertiary alicyclic amines) is 1. The van der Waals surface area contributed by atoms with Gasteiger partial charge in [0.15, 0.2) is 0 Å². The van der Waals surface area contributed by atoms with Gasteiger partial charge in [-0.25, -0.2) is 0 Å². The van der Waals surface area contributed by atoms with Crippen LogP contribution in [-0.4, -0.2) is 41.4 Å². The molecule has 4 heteroatoms. The van der Waals surface area contributed by atoms with Crippen molar-refractivity contribution in [2.24, 2.45) is 0 Å². The zero-order valence-corrected chi connectivity index (χ0v) is 19.3. The summed E-state index contributed by atoms with van der Waals surface area (Å²) in [6.07, 6.45) is 2.76. The maximum atomic E-state index is 9.35. The Morgan fingerprint density at radius 1 is 0.697 bits per heavy atom. The molecule has 0 bridgehead atoms. The summed E-state index contributed by atoms with van der Waals surface area (Å²) < 4.78 is 13.1. The summed E-state index contributed by atoms with van der Waals surface area (Å²) in [4.78, 5) is 2.51.